The van der Waals surface area contributed by atoms with Crippen molar-refractivity contribution < 1.29 is 0 Å². The Bertz CT molecular complexity index is 279. The molecule has 2 atom stereocenters. The standard InChI is InChI=1S/C12H21N3S/c1-4-6-10(13-3)11(5-2)16-12-9-14-7-8-15-12/h7-11,13H,4-6H2,1-3H3. The van der Waals surface area contributed by atoms with Crippen molar-refractivity contribution in [3.05, 3.63) is 18.6 Å². The second-order valence-corrected chi connectivity index (χ2v) is 5.05. The molecule has 0 aliphatic rings. The molecule has 0 aromatic carbocycles. The third-order valence-corrected chi connectivity index (χ3v) is 4.05. The molecule has 0 amide bonds. The predicted octanol–water partition coefficient (Wildman–Crippen LogP) is 2.74. The Balaban J connectivity index is 2.60. The van der Waals surface area contributed by atoms with Crippen molar-refractivity contribution in [2.75, 3.05) is 7.05 Å². The zero-order chi connectivity index (χ0) is 11.8. The van der Waals surface area contributed by atoms with Crippen LogP contribution in [0.2, 0.25) is 0 Å². The molecule has 2 unspecified atom stereocenters. The molecule has 1 heterocycles. The average Bonchev–Trinajstić information content (AvgIpc) is 2.35. The highest BCUT2D eigenvalue weighted by molar-refractivity contribution is 7.99. The Morgan fingerprint density at radius 1 is 1.38 bits per heavy atom. The maximum atomic E-state index is 4.32. The molecule has 1 aromatic rings. The van der Waals surface area contributed by atoms with Crippen LogP contribution in [0.15, 0.2) is 23.6 Å². The largest absolute Gasteiger partial charge is 0.316 e. The summed E-state index contributed by atoms with van der Waals surface area (Å²) in [5.74, 6) is 0. The first-order valence-corrected chi connectivity index (χ1v) is 6.79. The van der Waals surface area contributed by atoms with Gasteiger partial charge < -0.3 is 5.32 Å². The Morgan fingerprint density at radius 2 is 2.19 bits per heavy atom. The SMILES string of the molecule is CCCC(NC)C(CC)Sc1cnccn1. The van der Waals surface area contributed by atoms with Crippen molar-refractivity contribution in [3.8, 4) is 0 Å². The van der Waals surface area contributed by atoms with E-state index >= 15 is 0 Å². The quantitative estimate of drug-likeness (QED) is 0.742. The summed E-state index contributed by atoms with van der Waals surface area (Å²) in [6.07, 6.45) is 8.87. The molecule has 0 fully saturated rings. The van der Waals surface area contributed by atoms with E-state index in [-0.39, 0.29) is 0 Å². The third-order valence-electron chi connectivity index (χ3n) is 2.63. The molecule has 0 saturated heterocycles. The van der Waals surface area contributed by atoms with Crippen LogP contribution in [0.4, 0.5) is 0 Å². The van der Waals surface area contributed by atoms with E-state index in [4.69, 9.17) is 0 Å². The summed E-state index contributed by atoms with van der Waals surface area (Å²) in [5.41, 5.74) is 0. The van der Waals surface area contributed by atoms with Crippen LogP contribution in [-0.2, 0) is 0 Å². The summed E-state index contributed by atoms with van der Waals surface area (Å²) in [5, 5.41) is 5.00. The molecule has 0 bridgehead atoms. The topological polar surface area (TPSA) is 37.8 Å². The van der Waals surface area contributed by atoms with Crippen molar-refractivity contribution in [2.45, 2.75) is 49.4 Å². The van der Waals surface area contributed by atoms with Gasteiger partial charge in [-0.2, -0.15) is 0 Å². The van der Waals surface area contributed by atoms with E-state index in [2.05, 4.69) is 29.1 Å². The van der Waals surface area contributed by atoms with Gasteiger partial charge >= 0.3 is 0 Å². The van der Waals surface area contributed by atoms with Gasteiger partial charge in [-0.05, 0) is 19.9 Å². The van der Waals surface area contributed by atoms with Gasteiger partial charge in [-0.1, -0.05) is 32.0 Å². The summed E-state index contributed by atoms with van der Waals surface area (Å²) in [6.45, 7) is 4.46. The second-order valence-electron chi connectivity index (χ2n) is 3.79. The molecule has 0 saturated carbocycles. The summed E-state index contributed by atoms with van der Waals surface area (Å²) in [7, 11) is 2.04. The zero-order valence-corrected chi connectivity index (χ0v) is 11.1. The molecule has 3 nitrogen and oxygen atoms in total. The van der Waals surface area contributed by atoms with Gasteiger partial charge in [-0.3, -0.25) is 4.98 Å². The maximum Gasteiger partial charge on any atom is 0.115 e. The number of thioether (sulfide) groups is 1. The van der Waals surface area contributed by atoms with Crippen LogP contribution >= 0.6 is 11.8 Å². The minimum Gasteiger partial charge on any atom is -0.316 e. The second kappa shape index (κ2) is 7.63. The third kappa shape index (κ3) is 4.10. The van der Waals surface area contributed by atoms with Gasteiger partial charge in [0.25, 0.3) is 0 Å². The van der Waals surface area contributed by atoms with E-state index in [1.807, 2.05) is 25.0 Å². The zero-order valence-electron chi connectivity index (χ0n) is 10.3. The van der Waals surface area contributed by atoms with Crippen molar-refractivity contribution in [3.63, 3.8) is 0 Å². The van der Waals surface area contributed by atoms with Gasteiger partial charge in [0.15, 0.2) is 0 Å². The minimum atomic E-state index is 0.557. The van der Waals surface area contributed by atoms with E-state index in [0.717, 1.165) is 11.4 Å². The van der Waals surface area contributed by atoms with Crippen molar-refractivity contribution >= 4 is 11.8 Å². The van der Waals surface area contributed by atoms with Gasteiger partial charge in [0.1, 0.15) is 5.03 Å². The van der Waals surface area contributed by atoms with Crippen LogP contribution in [0, 0.1) is 0 Å². The van der Waals surface area contributed by atoms with Crippen LogP contribution < -0.4 is 5.32 Å². The van der Waals surface area contributed by atoms with Crippen molar-refractivity contribution in [1.82, 2.24) is 15.3 Å². The maximum absolute atomic E-state index is 4.32. The normalized spacial score (nSPS) is 14.7. The highest BCUT2D eigenvalue weighted by Crippen LogP contribution is 2.26. The molecular weight excluding hydrogens is 218 g/mol. The molecule has 16 heavy (non-hydrogen) atoms. The summed E-state index contributed by atoms with van der Waals surface area (Å²) >= 11 is 1.83. The lowest BCUT2D eigenvalue weighted by molar-refractivity contribution is 0.490. The van der Waals surface area contributed by atoms with E-state index in [9.17, 15) is 0 Å². The van der Waals surface area contributed by atoms with Gasteiger partial charge in [0, 0.05) is 23.7 Å². The summed E-state index contributed by atoms with van der Waals surface area (Å²) < 4.78 is 0. The first-order chi connectivity index (χ1) is 7.81. The molecule has 1 aromatic heterocycles. The van der Waals surface area contributed by atoms with Gasteiger partial charge in [-0.25, -0.2) is 4.98 Å². The Labute approximate surface area is 102 Å². The fraction of sp³-hybridized carbons (Fsp3) is 0.667. The van der Waals surface area contributed by atoms with Crippen LogP contribution in [0.5, 0.6) is 0 Å². The highest BCUT2D eigenvalue weighted by atomic mass is 32.2. The van der Waals surface area contributed by atoms with Crippen molar-refractivity contribution in [2.24, 2.45) is 0 Å². The smallest absolute Gasteiger partial charge is 0.115 e. The first kappa shape index (κ1) is 13.5. The average molecular weight is 239 g/mol. The molecule has 4 heteroatoms. The fourth-order valence-corrected chi connectivity index (χ4v) is 2.94. The Kier molecular flexibility index (Phi) is 6.42. The first-order valence-electron chi connectivity index (χ1n) is 5.91. The van der Waals surface area contributed by atoms with Gasteiger partial charge in [0.05, 0.1) is 6.20 Å². The summed E-state index contributed by atoms with van der Waals surface area (Å²) in [4.78, 5) is 8.42. The molecule has 0 spiro atoms. The highest BCUT2D eigenvalue weighted by Gasteiger charge is 2.19. The number of nitrogens with zero attached hydrogens (tertiary/aromatic N) is 2. The minimum absolute atomic E-state index is 0.557. The van der Waals surface area contributed by atoms with Crippen LogP contribution in [0.3, 0.4) is 0 Å². The Morgan fingerprint density at radius 3 is 2.69 bits per heavy atom. The molecule has 90 valence electrons. The molecule has 0 radical (unpaired) electrons. The Hall–Kier alpha value is -0.610. The number of nitrogens with one attached hydrogen (secondary N) is 1. The van der Waals surface area contributed by atoms with Gasteiger partial charge in [-0.15, -0.1) is 0 Å². The van der Waals surface area contributed by atoms with Crippen LogP contribution in [0.25, 0.3) is 0 Å². The van der Waals surface area contributed by atoms with Crippen molar-refractivity contribution in [1.29, 1.82) is 0 Å². The summed E-state index contributed by atoms with van der Waals surface area (Å²) in [6, 6.07) is 0.557. The molecule has 1 N–H and O–H groups in total. The number of hydrogen-bond acceptors (Lipinski definition) is 4. The van der Waals surface area contributed by atoms with E-state index in [0.29, 0.717) is 11.3 Å². The molecular formula is C12H21N3S. The number of hydrogen-bond donors (Lipinski definition) is 1. The molecule has 0 aliphatic heterocycles. The van der Waals surface area contributed by atoms with E-state index in [1.165, 1.54) is 12.8 Å². The predicted molar refractivity (Wildman–Crippen MR) is 69.7 cm³/mol. The molecule has 0 aliphatic carbocycles. The lowest BCUT2D eigenvalue weighted by atomic mass is 10.1. The number of aromatic nitrogens is 2. The van der Waals surface area contributed by atoms with Gasteiger partial charge in [0.2, 0.25) is 0 Å². The van der Waals surface area contributed by atoms with Crippen LogP contribution in [-0.4, -0.2) is 28.3 Å². The monoisotopic (exact) mass is 239 g/mol. The fourth-order valence-electron chi connectivity index (χ4n) is 1.78. The van der Waals surface area contributed by atoms with E-state index < -0.39 is 0 Å². The number of rotatable bonds is 7. The molecule has 1 rings (SSSR count). The van der Waals surface area contributed by atoms with E-state index in [1.54, 1.807) is 12.4 Å². The lowest BCUT2D eigenvalue weighted by Gasteiger charge is -2.24. The van der Waals surface area contributed by atoms with Crippen LogP contribution in [0.1, 0.15) is 33.1 Å². The lowest BCUT2D eigenvalue weighted by Crippen LogP contribution is -2.35.